The van der Waals surface area contributed by atoms with Gasteiger partial charge in [-0.3, -0.25) is 33.6 Å². The van der Waals surface area contributed by atoms with Crippen LogP contribution in [0.15, 0.2) is 0 Å². The first-order valence-electron chi connectivity index (χ1n) is 6.49. The van der Waals surface area contributed by atoms with Crippen molar-refractivity contribution in [2.45, 2.75) is 48.5 Å². The Kier molecular flexibility index (Phi) is 94.6. The van der Waals surface area contributed by atoms with Gasteiger partial charge in [-0.2, -0.15) is 0 Å². The van der Waals surface area contributed by atoms with Gasteiger partial charge >= 0.3 is 0 Å². The monoisotopic (exact) mass is 530 g/mol. The Hall–Kier alpha value is -2.62. The molecule has 2 radical (unpaired) electrons. The maximum atomic E-state index is 9.00. The molecular weight excluding hydrogens is 502 g/mol. The molecule has 30 heavy (non-hydrogen) atoms. The third kappa shape index (κ3) is 2200. The summed E-state index contributed by atoms with van der Waals surface area (Å²) < 4.78 is 0. The largest absolute Gasteiger partial charge is 0.481 e. The molecule has 0 spiro atoms. The van der Waals surface area contributed by atoms with Crippen molar-refractivity contribution in [3.8, 4) is 0 Å². The Morgan fingerprint density at radius 3 is 0.333 bits per heavy atom. The van der Waals surface area contributed by atoms with E-state index >= 15 is 0 Å². The van der Waals surface area contributed by atoms with E-state index in [0.29, 0.717) is 0 Å². The smallest absolute Gasteiger partial charge is 0.300 e. The minimum Gasteiger partial charge on any atom is -0.481 e. The number of hydrogen-bond donors (Lipinski definition) is 7. The van der Waals surface area contributed by atoms with Gasteiger partial charge in [-0.25, -0.2) is 0 Å². The summed E-state index contributed by atoms with van der Waals surface area (Å²) in [5, 5.41) is 51.9. The maximum Gasteiger partial charge on any atom is 0.300 e. The van der Waals surface area contributed by atoms with Crippen LogP contribution < -0.4 is 0 Å². The quantitative estimate of drug-likeness (QED) is 0.227. The normalized spacial score (nSPS) is 5.83. The van der Waals surface area contributed by atoms with Crippen molar-refractivity contribution in [3.05, 3.63) is 0 Å². The summed E-state index contributed by atoms with van der Waals surface area (Å²) in [6, 6.07) is 0. The van der Waals surface area contributed by atoms with E-state index in [1.165, 1.54) is 0 Å². The van der Waals surface area contributed by atoms with Crippen LogP contribution >= 0.6 is 0 Å². The fraction of sp³-hybridized carbons (Fsp3) is 0.500. The van der Waals surface area contributed by atoms with Crippen molar-refractivity contribution in [2.75, 3.05) is 0 Å². The second-order valence-electron chi connectivity index (χ2n) is 3.63. The average Bonchev–Trinajstić information content (AvgIpc) is 2.20. The molecule has 0 saturated heterocycles. The molecule has 182 valence electrons. The number of carboxylic acids is 7. The van der Waals surface area contributed by atoms with Crippen LogP contribution in [-0.2, 0) is 68.9 Å². The zero-order valence-corrected chi connectivity index (χ0v) is 19.7. The van der Waals surface area contributed by atoms with Gasteiger partial charge in [-0.1, -0.05) is 0 Å². The number of carboxylic acid groups (broad SMARTS) is 7. The molecule has 0 amide bonds. The SMILES string of the molecule is CC(=O)O.CC(=O)O.CC(=O)O.CC(=O)O.CC(=O)O.CC(=O)O.CC(=O)O.[Co].[V]. The van der Waals surface area contributed by atoms with E-state index in [1.54, 1.807) is 0 Å². The molecule has 0 fully saturated rings. The average molecular weight is 530 g/mol. The zero-order chi connectivity index (χ0) is 25.0. The Labute approximate surface area is 195 Å². The minimum absolute atomic E-state index is 0. The van der Waals surface area contributed by atoms with E-state index in [1.807, 2.05) is 0 Å². The molecule has 0 rings (SSSR count). The maximum absolute atomic E-state index is 9.00. The molecule has 0 aliphatic heterocycles. The first kappa shape index (κ1) is 56.4. The topological polar surface area (TPSA) is 261 Å². The van der Waals surface area contributed by atoms with Crippen LogP contribution in [0.1, 0.15) is 48.5 Å². The number of carbonyl (C=O) groups is 7. The summed E-state index contributed by atoms with van der Waals surface area (Å²) in [6.07, 6.45) is 0. The second kappa shape index (κ2) is 50.3. The molecule has 16 heteroatoms. The molecule has 0 heterocycles. The van der Waals surface area contributed by atoms with E-state index in [-0.39, 0.29) is 35.3 Å². The molecule has 0 saturated carbocycles. The third-order valence-electron chi connectivity index (χ3n) is 0. The fourth-order valence-corrected chi connectivity index (χ4v) is 0. The van der Waals surface area contributed by atoms with Gasteiger partial charge in [0.1, 0.15) is 0 Å². The van der Waals surface area contributed by atoms with E-state index in [0.717, 1.165) is 48.5 Å². The summed E-state index contributed by atoms with van der Waals surface area (Å²) in [7, 11) is 0. The number of hydrogen-bond acceptors (Lipinski definition) is 7. The molecule has 0 aromatic rings. The predicted molar refractivity (Wildman–Crippen MR) is 93.2 cm³/mol. The Morgan fingerprint density at radius 2 is 0.333 bits per heavy atom. The van der Waals surface area contributed by atoms with Crippen molar-refractivity contribution in [1.82, 2.24) is 0 Å². The standard InChI is InChI=1S/7C2H4O2.Co.V/c7*1-2(3)4;;/h7*1H3,(H,3,4);;. The fourth-order valence-electron chi connectivity index (χ4n) is 0. The van der Waals surface area contributed by atoms with Crippen molar-refractivity contribution in [1.29, 1.82) is 0 Å². The van der Waals surface area contributed by atoms with Gasteiger partial charge in [-0.05, 0) is 0 Å². The summed E-state index contributed by atoms with van der Waals surface area (Å²) in [6.45, 7) is 7.58. The van der Waals surface area contributed by atoms with Gasteiger partial charge in [-0.15, -0.1) is 0 Å². The number of aliphatic carboxylic acids is 7. The zero-order valence-electron chi connectivity index (χ0n) is 17.3. The molecule has 0 aliphatic carbocycles. The summed E-state index contributed by atoms with van der Waals surface area (Å²) in [5.74, 6) is -5.83. The van der Waals surface area contributed by atoms with Gasteiger partial charge in [0.15, 0.2) is 0 Å². The molecule has 0 unspecified atom stereocenters. The van der Waals surface area contributed by atoms with Gasteiger partial charge in [0.25, 0.3) is 41.8 Å². The van der Waals surface area contributed by atoms with Gasteiger partial charge in [0, 0.05) is 83.8 Å². The van der Waals surface area contributed by atoms with E-state index in [9.17, 15) is 0 Å². The minimum atomic E-state index is -0.833. The third-order valence-corrected chi connectivity index (χ3v) is 0. The summed E-state index contributed by atoms with van der Waals surface area (Å²) >= 11 is 0. The van der Waals surface area contributed by atoms with Crippen LogP contribution in [0.4, 0.5) is 0 Å². The van der Waals surface area contributed by atoms with E-state index < -0.39 is 41.8 Å². The van der Waals surface area contributed by atoms with Crippen molar-refractivity contribution in [2.24, 2.45) is 0 Å². The van der Waals surface area contributed by atoms with Crippen LogP contribution in [0.2, 0.25) is 0 Å². The molecule has 7 N–H and O–H groups in total. The molecular formula is C14H28CoO14V. The Bertz CT molecular complexity index is 320. The van der Waals surface area contributed by atoms with Crippen molar-refractivity contribution < 1.29 is 105 Å². The molecule has 0 atom stereocenters. The van der Waals surface area contributed by atoms with Crippen LogP contribution in [0.5, 0.6) is 0 Å². The van der Waals surface area contributed by atoms with Crippen LogP contribution in [0.3, 0.4) is 0 Å². The predicted octanol–water partition coefficient (Wildman–Crippen LogP) is 0.631. The summed E-state index contributed by atoms with van der Waals surface area (Å²) in [5.41, 5.74) is 0. The van der Waals surface area contributed by atoms with Crippen LogP contribution in [-0.4, -0.2) is 77.5 Å². The number of rotatable bonds is 0. The Balaban J connectivity index is -0.0000000242. The second-order valence-corrected chi connectivity index (χ2v) is 3.63. The summed E-state index contributed by atoms with van der Waals surface area (Å²) in [4.78, 5) is 63.0. The first-order valence-corrected chi connectivity index (χ1v) is 6.49. The van der Waals surface area contributed by atoms with E-state index in [2.05, 4.69) is 0 Å². The van der Waals surface area contributed by atoms with Crippen molar-refractivity contribution >= 4 is 41.8 Å². The molecule has 0 aliphatic rings. The Morgan fingerprint density at radius 1 is 0.333 bits per heavy atom. The van der Waals surface area contributed by atoms with Gasteiger partial charge < -0.3 is 35.7 Å². The van der Waals surface area contributed by atoms with Gasteiger partial charge in [0.05, 0.1) is 0 Å². The van der Waals surface area contributed by atoms with Crippen molar-refractivity contribution in [3.63, 3.8) is 0 Å². The molecule has 0 bridgehead atoms. The van der Waals surface area contributed by atoms with E-state index in [4.69, 9.17) is 69.3 Å². The van der Waals surface area contributed by atoms with Crippen LogP contribution in [0, 0.1) is 0 Å². The first-order chi connectivity index (χ1) is 12.1. The van der Waals surface area contributed by atoms with Crippen LogP contribution in [0.25, 0.3) is 0 Å². The molecule has 0 aromatic heterocycles. The van der Waals surface area contributed by atoms with Gasteiger partial charge in [0.2, 0.25) is 0 Å². The molecule has 14 nitrogen and oxygen atoms in total. The molecule has 0 aromatic carbocycles.